The van der Waals surface area contributed by atoms with E-state index in [-0.39, 0.29) is 18.2 Å². The van der Waals surface area contributed by atoms with E-state index in [0.717, 1.165) is 37.2 Å². The van der Waals surface area contributed by atoms with E-state index in [1.807, 2.05) is 32.9 Å². The Labute approximate surface area is 132 Å². The molecule has 0 saturated heterocycles. The fraction of sp³-hybridized carbons (Fsp3) is 0.706. The van der Waals surface area contributed by atoms with Crippen molar-refractivity contribution in [3.8, 4) is 0 Å². The summed E-state index contributed by atoms with van der Waals surface area (Å²) in [6.45, 7) is 8.39. The number of hydrogen-bond donors (Lipinski definition) is 2. The van der Waals surface area contributed by atoms with Crippen LogP contribution in [0.2, 0.25) is 0 Å². The van der Waals surface area contributed by atoms with Crippen LogP contribution in [0.5, 0.6) is 0 Å². The van der Waals surface area contributed by atoms with Crippen molar-refractivity contribution < 1.29 is 13.9 Å². The van der Waals surface area contributed by atoms with E-state index in [2.05, 4.69) is 17.6 Å². The van der Waals surface area contributed by atoms with E-state index in [4.69, 9.17) is 9.15 Å². The van der Waals surface area contributed by atoms with Gasteiger partial charge in [0.1, 0.15) is 17.1 Å². The minimum Gasteiger partial charge on any atom is -0.465 e. The standard InChI is InChI=1S/C17H28N2O3/c1-5-12-9-10-13(21-12)11-18-14-7-6-8-15(14)19-16(20)22-17(2,3)4/h9-10,14-15,18H,5-8,11H2,1-4H3,(H,19,20). The third-order valence-corrected chi connectivity index (χ3v) is 3.82. The van der Waals surface area contributed by atoms with Gasteiger partial charge in [-0.2, -0.15) is 0 Å². The van der Waals surface area contributed by atoms with Gasteiger partial charge in [0.25, 0.3) is 0 Å². The van der Waals surface area contributed by atoms with Gasteiger partial charge in [-0.15, -0.1) is 0 Å². The van der Waals surface area contributed by atoms with Crippen molar-refractivity contribution in [1.29, 1.82) is 0 Å². The summed E-state index contributed by atoms with van der Waals surface area (Å²) >= 11 is 0. The van der Waals surface area contributed by atoms with Gasteiger partial charge in [-0.3, -0.25) is 0 Å². The molecular weight excluding hydrogens is 280 g/mol. The zero-order valence-electron chi connectivity index (χ0n) is 14.1. The molecule has 0 bridgehead atoms. The molecule has 1 aliphatic carbocycles. The smallest absolute Gasteiger partial charge is 0.407 e. The van der Waals surface area contributed by atoms with Crippen LogP contribution in [0, 0.1) is 0 Å². The highest BCUT2D eigenvalue weighted by Crippen LogP contribution is 2.20. The van der Waals surface area contributed by atoms with Crippen molar-refractivity contribution in [2.45, 2.75) is 77.6 Å². The Balaban J connectivity index is 1.81. The quantitative estimate of drug-likeness (QED) is 0.875. The lowest BCUT2D eigenvalue weighted by Gasteiger charge is -2.25. The molecule has 0 aliphatic heterocycles. The lowest BCUT2D eigenvalue weighted by molar-refractivity contribution is 0.0498. The summed E-state index contributed by atoms with van der Waals surface area (Å²) in [6.07, 6.45) is 3.72. The molecule has 2 N–H and O–H groups in total. The van der Waals surface area contributed by atoms with Crippen molar-refractivity contribution in [1.82, 2.24) is 10.6 Å². The summed E-state index contributed by atoms with van der Waals surface area (Å²) in [5, 5.41) is 6.47. The molecule has 1 aromatic rings. The summed E-state index contributed by atoms with van der Waals surface area (Å²) in [4.78, 5) is 11.9. The Morgan fingerprint density at radius 2 is 1.95 bits per heavy atom. The third-order valence-electron chi connectivity index (χ3n) is 3.82. The van der Waals surface area contributed by atoms with E-state index in [9.17, 15) is 4.79 Å². The lowest BCUT2D eigenvalue weighted by atomic mass is 10.1. The maximum Gasteiger partial charge on any atom is 0.407 e. The van der Waals surface area contributed by atoms with Gasteiger partial charge in [-0.05, 0) is 52.2 Å². The van der Waals surface area contributed by atoms with Gasteiger partial charge in [0.05, 0.1) is 6.54 Å². The molecule has 2 rings (SSSR count). The van der Waals surface area contributed by atoms with Gasteiger partial charge >= 0.3 is 6.09 Å². The fourth-order valence-corrected chi connectivity index (χ4v) is 2.78. The lowest BCUT2D eigenvalue weighted by Crippen LogP contribution is -2.47. The van der Waals surface area contributed by atoms with E-state index in [1.54, 1.807) is 0 Å². The number of carbonyl (C=O) groups excluding carboxylic acids is 1. The maximum absolute atomic E-state index is 11.9. The first kappa shape index (κ1) is 16.9. The Bertz CT molecular complexity index is 490. The first-order chi connectivity index (χ1) is 10.4. The van der Waals surface area contributed by atoms with Crippen molar-refractivity contribution in [2.24, 2.45) is 0 Å². The molecule has 0 radical (unpaired) electrons. The first-order valence-corrected chi connectivity index (χ1v) is 8.18. The maximum atomic E-state index is 11.9. The van der Waals surface area contributed by atoms with E-state index in [0.29, 0.717) is 6.54 Å². The monoisotopic (exact) mass is 308 g/mol. The second-order valence-corrected chi connectivity index (χ2v) is 6.89. The van der Waals surface area contributed by atoms with Crippen LogP contribution < -0.4 is 10.6 Å². The molecule has 0 aromatic carbocycles. The normalized spacial score (nSPS) is 21.8. The molecule has 5 heteroatoms. The van der Waals surface area contributed by atoms with Crippen LogP contribution in [0.15, 0.2) is 16.5 Å². The highest BCUT2D eigenvalue weighted by molar-refractivity contribution is 5.68. The molecule has 0 spiro atoms. The summed E-state index contributed by atoms with van der Waals surface area (Å²) in [6, 6.07) is 4.41. The van der Waals surface area contributed by atoms with Gasteiger partial charge < -0.3 is 19.8 Å². The summed E-state index contributed by atoms with van der Waals surface area (Å²) in [5.41, 5.74) is -0.462. The second kappa shape index (κ2) is 7.18. The summed E-state index contributed by atoms with van der Waals surface area (Å²) < 4.78 is 11.0. The highest BCUT2D eigenvalue weighted by atomic mass is 16.6. The Morgan fingerprint density at radius 1 is 1.27 bits per heavy atom. The molecule has 1 fully saturated rings. The average molecular weight is 308 g/mol. The molecule has 2 atom stereocenters. The largest absolute Gasteiger partial charge is 0.465 e. The molecule has 22 heavy (non-hydrogen) atoms. The third kappa shape index (κ3) is 5.05. The predicted octanol–water partition coefficient (Wildman–Crippen LogP) is 3.38. The minimum atomic E-state index is -0.462. The number of rotatable bonds is 5. The zero-order chi connectivity index (χ0) is 16.2. The van der Waals surface area contributed by atoms with E-state index >= 15 is 0 Å². The number of aryl methyl sites for hydroxylation is 1. The van der Waals surface area contributed by atoms with Gasteiger partial charge in [-0.25, -0.2) is 4.79 Å². The molecule has 124 valence electrons. The topological polar surface area (TPSA) is 63.5 Å². The van der Waals surface area contributed by atoms with Crippen molar-refractivity contribution in [3.05, 3.63) is 23.7 Å². The zero-order valence-corrected chi connectivity index (χ0v) is 14.1. The van der Waals surface area contributed by atoms with Crippen molar-refractivity contribution in [2.75, 3.05) is 0 Å². The summed E-state index contributed by atoms with van der Waals surface area (Å²) in [7, 11) is 0. The highest BCUT2D eigenvalue weighted by Gasteiger charge is 2.29. The molecule has 5 nitrogen and oxygen atoms in total. The predicted molar refractivity (Wildman–Crippen MR) is 85.7 cm³/mol. The van der Waals surface area contributed by atoms with Crippen LogP contribution in [0.1, 0.15) is 58.5 Å². The first-order valence-electron chi connectivity index (χ1n) is 8.18. The van der Waals surface area contributed by atoms with Crippen LogP contribution in [-0.2, 0) is 17.7 Å². The summed E-state index contributed by atoms with van der Waals surface area (Å²) in [5.74, 6) is 1.95. The van der Waals surface area contributed by atoms with Crippen molar-refractivity contribution >= 4 is 6.09 Å². The number of hydrogen-bond acceptors (Lipinski definition) is 4. The molecule has 1 heterocycles. The Kier molecular flexibility index (Phi) is 5.51. The van der Waals surface area contributed by atoms with Gasteiger partial charge in [0, 0.05) is 18.5 Å². The van der Waals surface area contributed by atoms with Crippen LogP contribution in [0.25, 0.3) is 0 Å². The number of furan rings is 1. The van der Waals surface area contributed by atoms with E-state index in [1.165, 1.54) is 0 Å². The number of amides is 1. The number of nitrogens with one attached hydrogen (secondary N) is 2. The van der Waals surface area contributed by atoms with Crippen LogP contribution in [0.4, 0.5) is 4.79 Å². The molecule has 2 unspecified atom stereocenters. The number of alkyl carbamates (subject to hydrolysis) is 1. The van der Waals surface area contributed by atoms with Gasteiger partial charge in [0.15, 0.2) is 0 Å². The molecule has 1 saturated carbocycles. The Morgan fingerprint density at radius 3 is 2.59 bits per heavy atom. The average Bonchev–Trinajstić information content (AvgIpc) is 3.02. The van der Waals surface area contributed by atoms with Gasteiger partial charge in [0.2, 0.25) is 0 Å². The Hall–Kier alpha value is -1.49. The molecule has 1 aliphatic rings. The number of carbonyl (C=O) groups is 1. The number of ether oxygens (including phenoxy) is 1. The molecule has 1 aromatic heterocycles. The fourth-order valence-electron chi connectivity index (χ4n) is 2.78. The van der Waals surface area contributed by atoms with Crippen LogP contribution in [-0.4, -0.2) is 23.8 Å². The van der Waals surface area contributed by atoms with Crippen LogP contribution in [0.3, 0.4) is 0 Å². The minimum absolute atomic E-state index is 0.121. The molecular formula is C17H28N2O3. The van der Waals surface area contributed by atoms with Crippen molar-refractivity contribution in [3.63, 3.8) is 0 Å². The van der Waals surface area contributed by atoms with E-state index < -0.39 is 5.60 Å². The SMILES string of the molecule is CCc1ccc(CNC2CCCC2NC(=O)OC(C)(C)C)o1. The van der Waals surface area contributed by atoms with Gasteiger partial charge in [-0.1, -0.05) is 6.92 Å². The second-order valence-electron chi connectivity index (χ2n) is 6.89. The van der Waals surface area contributed by atoms with Crippen LogP contribution >= 0.6 is 0 Å². The molecule has 1 amide bonds.